The molecule has 0 saturated heterocycles. The van der Waals surface area contributed by atoms with E-state index in [1.54, 1.807) is 74.7 Å². The van der Waals surface area contributed by atoms with Crippen LogP contribution in [0.3, 0.4) is 0 Å². The molecule has 0 heterocycles. The first-order valence-electron chi connectivity index (χ1n) is 9.30. The molecule has 0 aliphatic carbocycles. The summed E-state index contributed by atoms with van der Waals surface area (Å²) in [7, 11) is 1.57. The lowest BCUT2D eigenvalue weighted by molar-refractivity contribution is -0.114. The highest BCUT2D eigenvalue weighted by molar-refractivity contribution is 6.08. The van der Waals surface area contributed by atoms with Gasteiger partial charge < -0.3 is 20.7 Å². The van der Waals surface area contributed by atoms with Gasteiger partial charge in [0.25, 0.3) is 5.91 Å². The summed E-state index contributed by atoms with van der Waals surface area (Å²) in [5.74, 6) is -0.372. The van der Waals surface area contributed by atoms with Gasteiger partial charge in [-0.3, -0.25) is 9.59 Å². The zero-order chi connectivity index (χ0) is 21.5. The third kappa shape index (κ3) is 5.35. The van der Waals surface area contributed by atoms with Crippen molar-refractivity contribution in [3.05, 3.63) is 83.7 Å². The van der Waals surface area contributed by atoms with Crippen molar-refractivity contribution in [2.24, 2.45) is 0 Å². The van der Waals surface area contributed by atoms with Crippen molar-refractivity contribution in [2.75, 3.05) is 29.6 Å². The molecule has 3 rings (SSSR count). The number of methoxy groups -OCH3 is 1. The fourth-order valence-electron chi connectivity index (χ4n) is 2.76. The van der Waals surface area contributed by atoms with Gasteiger partial charge in [-0.15, -0.1) is 0 Å². The van der Waals surface area contributed by atoms with Gasteiger partial charge >= 0.3 is 0 Å². The highest BCUT2D eigenvalue weighted by Crippen LogP contribution is 2.20. The monoisotopic (exact) mass is 407 g/mol. The minimum absolute atomic E-state index is 0.0810. The number of carbonyl (C=O) groups excluding carboxylic acids is 2. The molecule has 3 aromatic rings. The Morgan fingerprint density at radius 3 is 2.33 bits per heavy atom. The molecular formula is C23H22FN3O3. The van der Waals surface area contributed by atoms with E-state index in [-0.39, 0.29) is 24.2 Å². The Labute approximate surface area is 174 Å². The Bertz CT molecular complexity index is 1050. The fourth-order valence-corrected chi connectivity index (χ4v) is 2.76. The van der Waals surface area contributed by atoms with Crippen molar-refractivity contribution in [1.82, 2.24) is 0 Å². The number of anilines is 3. The van der Waals surface area contributed by atoms with Crippen molar-refractivity contribution in [3.8, 4) is 5.75 Å². The molecule has 0 saturated carbocycles. The van der Waals surface area contributed by atoms with Gasteiger partial charge in [0, 0.05) is 17.1 Å². The molecule has 3 N–H and O–H groups in total. The second kappa shape index (κ2) is 9.56. The molecule has 6 nitrogen and oxygen atoms in total. The number of ether oxygens (including phenoxy) is 1. The molecule has 0 aromatic heterocycles. The highest BCUT2D eigenvalue weighted by atomic mass is 19.1. The molecule has 0 spiro atoms. The van der Waals surface area contributed by atoms with Gasteiger partial charge in [-0.05, 0) is 61.0 Å². The van der Waals surface area contributed by atoms with Crippen LogP contribution in [-0.2, 0) is 4.79 Å². The normalized spacial score (nSPS) is 10.2. The number of hydrogen-bond donors (Lipinski definition) is 3. The molecule has 30 heavy (non-hydrogen) atoms. The van der Waals surface area contributed by atoms with Crippen molar-refractivity contribution < 1.29 is 18.7 Å². The predicted molar refractivity (Wildman–Crippen MR) is 116 cm³/mol. The Morgan fingerprint density at radius 2 is 1.63 bits per heavy atom. The predicted octanol–water partition coefficient (Wildman–Crippen LogP) is 4.45. The number of nitrogens with one attached hydrogen (secondary N) is 3. The minimum Gasteiger partial charge on any atom is -0.497 e. The first-order valence-corrected chi connectivity index (χ1v) is 9.30. The number of carbonyl (C=O) groups is 2. The standard InChI is InChI=1S/C23H22FN3O3/c1-15-7-8-17(13-20(15)24)26-22(28)14-25-21-6-4-3-5-19(21)23(29)27-16-9-11-18(30-2)12-10-16/h3-13,25H,14H2,1-2H3,(H,26,28)(H,27,29). The third-order valence-corrected chi connectivity index (χ3v) is 4.41. The number of aryl methyl sites for hydroxylation is 1. The maximum Gasteiger partial charge on any atom is 0.257 e. The topological polar surface area (TPSA) is 79.5 Å². The van der Waals surface area contributed by atoms with Gasteiger partial charge in [-0.1, -0.05) is 18.2 Å². The fraction of sp³-hybridized carbons (Fsp3) is 0.130. The molecule has 0 unspecified atom stereocenters. The smallest absolute Gasteiger partial charge is 0.257 e. The molecule has 0 bridgehead atoms. The van der Waals surface area contributed by atoms with E-state index >= 15 is 0 Å². The van der Waals surface area contributed by atoms with E-state index in [1.165, 1.54) is 6.07 Å². The van der Waals surface area contributed by atoms with E-state index in [2.05, 4.69) is 16.0 Å². The second-order valence-corrected chi connectivity index (χ2v) is 6.59. The molecule has 0 atom stereocenters. The number of benzene rings is 3. The zero-order valence-electron chi connectivity index (χ0n) is 16.7. The van der Waals surface area contributed by atoms with Crippen LogP contribution in [0.15, 0.2) is 66.7 Å². The van der Waals surface area contributed by atoms with Gasteiger partial charge in [-0.2, -0.15) is 0 Å². The summed E-state index contributed by atoms with van der Waals surface area (Å²) in [6, 6.07) is 18.3. The second-order valence-electron chi connectivity index (χ2n) is 6.59. The molecule has 0 radical (unpaired) electrons. The molecule has 0 aliphatic rings. The summed E-state index contributed by atoms with van der Waals surface area (Å²) < 4.78 is 18.7. The quantitative estimate of drug-likeness (QED) is 0.541. The van der Waals surface area contributed by atoms with Crippen molar-refractivity contribution in [1.29, 1.82) is 0 Å². The van der Waals surface area contributed by atoms with E-state index in [0.717, 1.165) is 0 Å². The van der Waals surface area contributed by atoms with E-state index in [9.17, 15) is 14.0 Å². The number of hydrogen-bond acceptors (Lipinski definition) is 4. The summed E-state index contributed by atoms with van der Waals surface area (Å²) in [4.78, 5) is 24.9. The van der Waals surface area contributed by atoms with Gasteiger partial charge in [0.2, 0.25) is 5.91 Å². The summed E-state index contributed by atoms with van der Waals surface area (Å²) >= 11 is 0. The first-order chi connectivity index (χ1) is 14.5. The Kier molecular flexibility index (Phi) is 6.64. The average molecular weight is 407 g/mol. The van der Waals surface area contributed by atoms with Crippen LogP contribution >= 0.6 is 0 Å². The van der Waals surface area contributed by atoms with E-state index in [4.69, 9.17) is 4.74 Å². The SMILES string of the molecule is COc1ccc(NC(=O)c2ccccc2NCC(=O)Nc2ccc(C)c(F)c2)cc1. The van der Waals surface area contributed by atoms with Crippen LogP contribution < -0.4 is 20.7 Å². The van der Waals surface area contributed by atoms with Gasteiger partial charge in [0.15, 0.2) is 0 Å². The van der Waals surface area contributed by atoms with Crippen LogP contribution in [-0.4, -0.2) is 25.5 Å². The van der Waals surface area contributed by atoms with E-state index in [1.807, 2.05) is 0 Å². The zero-order valence-corrected chi connectivity index (χ0v) is 16.7. The number of halogens is 1. The van der Waals surface area contributed by atoms with Gasteiger partial charge in [0.05, 0.1) is 19.2 Å². The molecule has 3 aromatic carbocycles. The third-order valence-electron chi connectivity index (χ3n) is 4.41. The molecule has 2 amide bonds. The van der Waals surface area contributed by atoms with Crippen LogP contribution in [0.25, 0.3) is 0 Å². The molecule has 0 fully saturated rings. The Hall–Kier alpha value is -3.87. The lowest BCUT2D eigenvalue weighted by Gasteiger charge is -2.13. The maximum atomic E-state index is 13.6. The summed E-state index contributed by atoms with van der Waals surface area (Å²) in [5.41, 5.74) is 2.39. The number of para-hydroxylation sites is 1. The van der Waals surface area contributed by atoms with Crippen LogP contribution in [0.1, 0.15) is 15.9 Å². The van der Waals surface area contributed by atoms with Crippen LogP contribution in [0.5, 0.6) is 5.75 Å². The maximum absolute atomic E-state index is 13.6. The van der Waals surface area contributed by atoms with Crippen molar-refractivity contribution in [3.63, 3.8) is 0 Å². The molecule has 7 heteroatoms. The van der Waals surface area contributed by atoms with Gasteiger partial charge in [0.1, 0.15) is 11.6 Å². The van der Waals surface area contributed by atoms with Crippen LogP contribution in [0.4, 0.5) is 21.5 Å². The Morgan fingerprint density at radius 1 is 0.933 bits per heavy atom. The summed E-state index contributed by atoms with van der Waals surface area (Å²) in [5, 5.41) is 8.40. The van der Waals surface area contributed by atoms with Crippen LogP contribution in [0, 0.1) is 12.7 Å². The highest BCUT2D eigenvalue weighted by Gasteiger charge is 2.12. The lowest BCUT2D eigenvalue weighted by atomic mass is 10.1. The molecule has 0 aliphatic heterocycles. The van der Waals surface area contributed by atoms with E-state index in [0.29, 0.717) is 33.9 Å². The van der Waals surface area contributed by atoms with Crippen molar-refractivity contribution >= 4 is 28.9 Å². The molecular weight excluding hydrogens is 385 g/mol. The first kappa shape index (κ1) is 20.9. The number of amides is 2. The largest absolute Gasteiger partial charge is 0.497 e. The number of rotatable bonds is 7. The summed E-state index contributed by atoms with van der Waals surface area (Å²) in [6.45, 7) is 1.57. The van der Waals surface area contributed by atoms with Crippen LogP contribution in [0.2, 0.25) is 0 Å². The Balaban J connectivity index is 1.63. The lowest BCUT2D eigenvalue weighted by Crippen LogP contribution is -2.23. The van der Waals surface area contributed by atoms with E-state index < -0.39 is 0 Å². The van der Waals surface area contributed by atoms with Gasteiger partial charge in [-0.25, -0.2) is 4.39 Å². The van der Waals surface area contributed by atoms with Crippen molar-refractivity contribution in [2.45, 2.75) is 6.92 Å². The minimum atomic E-state index is -0.388. The average Bonchev–Trinajstić information content (AvgIpc) is 2.75. The summed E-state index contributed by atoms with van der Waals surface area (Å²) in [6.07, 6.45) is 0. The molecule has 154 valence electrons.